The van der Waals surface area contributed by atoms with Crippen LogP contribution in [0.15, 0.2) is 53.3 Å². The van der Waals surface area contributed by atoms with Crippen molar-refractivity contribution >= 4 is 15.9 Å². The second-order valence-corrected chi connectivity index (χ2v) is 5.18. The number of aliphatic hydroxyl groups is 1. The van der Waals surface area contributed by atoms with Crippen LogP contribution in [0.2, 0.25) is 0 Å². The van der Waals surface area contributed by atoms with Crippen LogP contribution < -0.4 is 4.74 Å². The standard InChI is InChI=1S/C14H14BrNO2/c1-14(17,11-5-3-2-4-6-11)10-18-13-7-12(15)8-16-9-13/h2-9,17H,10H2,1H3. The highest BCUT2D eigenvalue weighted by molar-refractivity contribution is 9.10. The van der Waals surface area contributed by atoms with Gasteiger partial charge in [-0.1, -0.05) is 30.3 Å². The fourth-order valence-corrected chi connectivity index (χ4v) is 1.92. The van der Waals surface area contributed by atoms with Gasteiger partial charge in [0.1, 0.15) is 18.0 Å². The Morgan fingerprint density at radius 3 is 2.67 bits per heavy atom. The number of pyridine rings is 1. The monoisotopic (exact) mass is 307 g/mol. The summed E-state index contributed by atoms with van der Waals surface area (Å²) in [6.45, 7) is 1.91. The van der Waals surface area contributed by atoms with E-state index in [0.29, 0.717) is 5.75 Å². The molecule has 0 spiro atoms. The number of halogens is 1. The molecule has 0 amide bonds. The van der Waals surface area contributed by atoms with Gasteiger partial charge in [0.2, 0.25) is 0 Å². The molecule has 0 bridgehead atoms. The minimum atomic E-state index is -1.02. The van der Waals surface area contributed by atoms with E-state index >= 15 is 0 Å². The van der Waals surface area contributed by atoms with Crippen LogP contribution in [0.1, 0.15) is 12.5 Å². The molecule has 0 radical (unpaired) electrons. The number of ether oxygens (including phenoxy) is 1. The molecule has 1 aromatic carbocycles. The van der Waals surface area contributed by atoms with Crippen LogP contribution in [0.4, 0.5) is 0 Å². The molecule has 1 N–H and O–H groups in total. The largest absolute Gasteiger partial charge is 0.489 e. The molecule has 1 atom stereocenters. The quantitative estimate of drug-likeness (QED) is 0.943. The topological polar surface area (TPSA) is 42.4 Å². The Labute approximate surface area is 115 Å². The average molecular weight is 308 g/mol. The second kappa shape index (κ2) is 5.50. The summed E-state index contributed by atoms with van der Waals surface area (Å²) < 4.78 is 6.41. The van der Waals surface area contributed by atoms with Crippen LogP contribution in [-0.4, -0.2) is 16.7 Å². The van der Waals surface area contributed by atoms with Crippen LogP contribution in [0.25, 0.3) is 0 Å². The van der Waals surface area contributed by atoms with Gasteiger partial charge >= 0.3 is 0 Å². The number of aromatic nitrogens is 1. The lowest BCUT2D eigenvalue weighted by atomic mass is 9.97. The Balaban J connectivity index is 2.05. The lowest BCUT2D eigenvalue weighted by molar-refractivity contribution is 0.00747. The molecular formula is C14H14BrNO2. The maximum atomic E-state index is 10.4. The molecule has 0 aliphatic carbocycles. The molecule has 0 fully saturated rings. The number of hydrogen-bond acceptors (Lipinski definition) is 3. The third kappa shape index (κ3) is 3.31. The zero-order valence-corrected chi connectivity index (χ0v) is 11.6. The van der Waals surface area contributed by atoms with Crippen LogP contribution in [0.3, 0.4) is 0 Å². The van der Waals surface area contributed by atoms with Gasteiger partial charge in [0.05, 0.1) is 6.20 Å². The summed E-state index contributed by atoms with van der Waals surface area (Å²) in [4.78, 5) is 4.00. The summed E-state index contributed by atoms with van der Waals surface area (Å²) in [6, 6.07) is 11.3. The van der Waals surface area contributed by atoms with Gasteiger partial charge in [0, 0.05) is 10.7 Å². The van der Waals surface area contributed by atoms with Crippen molar-refractivity contribution in [2.75, 3.05) is 6.61 Å². The molecule has 2 rings (SSSR count). The van der Waals surface area contributed by atoms with Gasteiger partial charge in [-0.25, -0.2) is 0 Å². The smallest absolute Gasteiger partial charge is 0.138 e. The molecule has 1 heterocycles. The Bertz CT molecular complexity index is 514. The van der Waals surface area contributed by atoms with Crippen molar-refractivity contribution in [3.05, 3.63) is 58.8 Å². The third-order valence-electron chi connectivity index (χ3n) is 2.60. The summed E-state index contributed by atoms with van der Waals surface area (Å²) in [6.07, 6.45) is 3.30. The molecule has 18 heavy (non-hydrogen) atoms. The first-order chi connectivity index (χ1) is 8.58. The number of rotatable bonds is 4. The molecule has 0 saturated carbocycles. The van der Waals surface area contributed by atoms with E-state index in [1.165, 1.54) is 0 Å². The molecule has 0 aliphatic rings. The van der Waals surface area contributed by atoms with Gasteiger partial charge < -0.3 is 9.84 Å². The number of hydrogen-bond donors (Lipinski definition) is 1. The van der Waals surface area contributed by atoms with Crippen molar-refractivity contribution in [2.45, 2.75) is 12.5 Å². The lowest BCUT2D eigenvalue weighted by Crippen LogP contribution is -2.29. The van der Waals surface area contributed by atoms with Crippen molar-refractivity contribution in [2.24, 2.45) is 0 Å². The van der Waals surface area contributed by atoms with Crippen molar-refractivity contribution < 1.29 is 9.84 Å². The molecule has 0 saturated heterocycles. The summed E-state index contributed by atoms with van der Waals surface area (Å²) in [5.74, 6) is 0.626. The van der Waals surface area contributed by atoms with E-state index in [0.717, 1.165) is 10.0 Å². The number of benzene rings is 1. The maximum absolute atomic E-state index is 10.4. The molecule has 3 nitrogen and oxygen atoms in total. The lowest BCUT2D eigenvalue weighted by Gasteiger charge is -2.23. The van der Waals surface area contributed by atoms with Gasteiger partial charge in [-0.3, -0.25) is 4.98 Å². The highest BCUT2D eigenvalue weighted by Crippen LogP contribution is 2.23. The van der Waals surface area contributed by atoms with E-state index in [4.69, 9.17) is 4.74 Å². The van der Waals surface area contributed by atoms with Crippen LogP contribution >= 0.6 is 15.9 Å². The molecule has 2 aromatic rings. The van der Waals surface area contributed by atoms with E-state index < -0.39 is 5.60 Å². The molecule has 4 heteroatoms. The van der Waals surface area contributed by atoms with Gasteiger partial charge in [-0.15, -0.1) is 0 Å². The summed E-state index contributed by atoms with van der Waals surface area (Å²) in [7, 11) is 0. The second-order valence-electron chi connectivity index (χ2n) is 4.27. The van der Waals surface area contributed by atoms with E-state index in [2.05, 4.69) is 20.9 Å². The van der Waals surface area contributed by atoms with E-state index in [9.17, 15) is 5.11 Å². The van der Waals surface area contributed by atoms with E-state index in [-0.39, 0.29) is 6.61 Å². The van der Waals surface area contributed by atoms with Crippen molar-refractivity contribution in [1.29, 1.82) is 0 Å². The average Bonchev–Trinajstić information content (AvgIpc) is 2.38. The summed E-state index contributed by atoms with van der Waals surface area (Å²) in [5, 5.41) is 10.4. The molecular weight excluding hydrogens is 294 g/mol. The Morgan fingerprint density at radius 1 is 1.28 bits per heavy atom. The fourth-order valence-electron chi connectivity index (χ4n) is 1.58. The first kappa shape index (κ1) is 13.1. The summed E-state index contributed by atoms with van der Waals surface area (Å²) in [5.41, 5.74) is -0.197. The van der Waals surface area contributed by atoms with Crippen LogP contribution in [0, 0.1) is 0 Å². The molecule has 94 valence electrons. The predicted molar refractivity (Wildman–Crippen MR) is 73.4 cm³/mol. The van der Waals surface area contributed by atoms with Crippen molar-refractivity contribution in [1.82, 2.24) is 4.98 Å². The Morgan fingerprint density at radius 2 is 2.00 bits per heavy atom. The first-order valence-corrected chi connectivity index (χ1v) is 6.38. The molecule has 1 unspecified atom stereocenters. The normalized spacial score (nSPS) is 13.9. The SMILES string of the molecule is CC(O)(COc1cncc(Br)c1)c1ccccc1. The zero-order valence-electron chi connectivity index (χ0n) is 10.0. The Kier molecular flexibility index (Phi) is 3.99. The Hall–Kier alpha value is -1.39. The zero-order chi connectivity index (χ0) is 13.0. The molecule has 0 aliphatic heterocycles. The van der Waals surface area contributed by atoms with Gasteiger partial charge in [0.15, 0.2) is 0 Å². The maximum Gasteiger partial charge on any atom is 0.138 e. The van der Waals surface area contributed by atoms with Gasteiger partial charge in [-0.05, 0) is 34.5 Å². The third-order valence-corrected chi connectivity index (χ3v) is 3.03. The van der Waals surface area contributed by atoms with E-state index in [1.54, 1.807) is 19.3 Å². The van der Waals surface area contributed by atoms with Crippen molar-refractivity contribution in [3.8, 4) is 5.75 Å². The van der Waals surface area contributed by atoms with Crippen molar-refractivity contribution in [3.63, 3.8) is 0 Å². The minimum Gasteiger partial charge on any atom is -0.489 e. The van der Waals surface area contributed by atoms with Gasteiger partial charge in [-0.2, -0.15) is 0 Å². The predicted octanol–water partition coefficient (Wildman–Crippen LogP) is 3.13. The highest BCUT2D eigenvalue weighted by Gasteiger charge is 2.23. The summed E-state index contributed by atoms with van der Waals surface area (Å²) >= 11 is 3.32. The number of nitrogens with zero attached hydrogens (tertiary/aromatic N) is 1. The van der Waals surface area contributed by atoms with Gasteiger partial charge in [0.25, 0.3) is 0 Å². The van der Waals surface area contributed by atoms with Crippen LogP contribution in [-0.2, 0) is 5.60 Å². The molecule has 1 aromatic heterocycles. The van der Waals surface area contributed by atoms with E-state index in [1.807, 2.05) is 36.4 Å². The first-order valence-electron chi connectivity index (χ1n) is 5.59. The van der Waals surface area contributed by atoms with Crippen LogP contribution in [0.5, 0.6) is 5.75 Å². The fraction of sp³-hybridized carbons (Fsp3) is 0.214. The minimum absolute atomic E-state index is 0.176. The highest BCUT2D eigenvalue weighted by atomic mass is 79.9.